The minimum absolute atomic E-state index is 0.111. The van der Waals surface area contributed by atoms with Gasteiger partial charge in [-0.05, 0) is 43.2 Å². The van der Waals surface area contributed by atoms with E-state index >= 15 is 0 Å². The summed E-state index contributed by atoms with van der Waals surface area (Å²) in [5.41, 5.74) is 8.15. The molecule has 4 nitrogen and oxygen atoms in total. The van der Waals surface area contributed by atoms with E-state index in [2.05, 4.69) is 4.72 Å². The number of halogens is 1. The van der Waals surface area contributed by atoms with Crippen LogP contribution in [-0.2, 0) is 10.0 Å². The van der Waals surface area contributed by atoms with Crippen LogP contribution in [0, 0.1) is 13.8 Å². The number of hydrogen-bond donors (Lipinski definition) is 2. The number of benzene rings is 2. The van der Waals surface area contributed by atoms with Gasteiger partial charge in [-0.3, -0.25) is 4.72 Å². The normalized spacial score (nSPS) is 11.3. The van der Waals surface area contributed by atoms with Gasteiger partial charge in [0.15, 0.2) is 0 Å². The zero-order valence-corrected chi connectivity index (χ0v) is 12.7. The number of nitrogens with one attached hydrogen (secondary N) is 1. The Morgan fingerprint density at radius 2 is 1.80 bits per heavy atom. The van der Waals surface area contributed by atoms with E-state index in [1.54, 1.807) is 31.2 Å². The van der Waals surface area contributed by atoms with Crippen molar-refractivity contribution in [3.63, 3.8) is 0 Å². The number of para-hydroxylation sites is 1. The van der Waals surface area contributed by atoms with Crippen LogP contribution in [0.3, 0.4) is 0 Å². The Hall–Kier alpha value is -1.72. The van der Waals surface area contributed by atoms with Crippen LogP contribution in [0.4, 0.5) is 11.4 Å². The molecule has 6 heteroatoms. The van der Waals surface area contributed by atoms with Crippen molar-refractivity contribution in [2.45, 2.75) is 18.7 Å². The molecule has 20 heavy (non-hydrogen) atoms. The average molecular weight is 311 g/mol. The molecule has 0 spiro atoms. The molecule has 3 N–H and O–H groups in total. The minimum atomic E-state index is -3.71. The first-order chi connectivity index (χ1) is 9.31. The van der Waals surface area contributed by atoms with Crippen molar-refractivity contribution >= 4 is 33.0 Å². The van der Waals surface area contributed by atoms with E-state index < -0.39 is 10.0 Å². The lowest BCUT2D eigenvalue weighted by atomic mass is 10.2. The van der Waals surface area contributed by atoms with Crippen LogP contribution < -0.4 is 10.5 Å². The molecule has 2 rings (SSSR count). The lowest BCUT2D eigenvalue weighted by Crippen LogP contribution is -2.14. The summed E-state index contributed by atoms with van der Waals surface area (Å²) in [7, 11) is -3.71. The Labute approximate surface area is 123 Å². The Morgan fingerprint density at radius 1 is 1.10 bits per heavy atom. The first-order valence-corrected chi connectivity index (χ1v) is 7.81. The van der Waals surface area contributed by atoms with Gasteiger partial charge in [-0.1, -0.05) is 29.8 Å². The van der Waals surface area contributed by atoms with E-state index in [0.29, 0.717) is 16.4 Å². The molecule has 0 aliphatic heterocycles. The van der Waals surface area contributed by atoms with E-state index in [0.717, 1.165) is 11.1 Å². The lowest BCUT2D eigenvalue weighted by molar-refractivity contribution is 0.601. The van der Waals surface area contributed by atoms with Crippen molar-refractivity contribution in [3.05, 3.63) is 52.5 Å². The zero-order valence-electron chi connectivity index (χ0n) is 11.1. The van der Waals surface area contributed by atoms with E-state index in [9.17, 15) is 8.42 Å². The highest BCUT2D eigenvalue weighted by molar-refractivity contribution is 7.92. The van der Waals surface area contributed by atoms with Gasteiger partial charge in [-0.25, -0.2) is 8.42 Å². The molecule has 0 radical (unpaired) electrons. The summed E-state index contributed by atoms with van der Waals surface area (Å²) in [5, 5.41) is 0.355. The summed E-state index contributed by atoms with van der Waals surface area (Å²) in [6.45, 7) is 3.60. The zero-order chi connectivity index (χ0) is 14.9. The smallest absolute Gasteiger partial charge is 0.262 e. The summed E-state index contributed by atoms with van der Waals surface area (Å²) in [6, 6.07) is 9.80. The van der Waals surface area contributed by atoms with Gasteiger partial charge in [-0.15, -0.1) is 0 Å². The molecule has 0 unspecified atom stereocenters. The van der Waals surface area contributed by atoms with Crippen molar-refractivity contribution < 1.29 is 8.42 Å². The summed E-state index contributed by atoms with van der Waals surface area (Å²) in [4.78, 5) is 0.111. The van der Waals surface area contributed by atoms with Gasteiger partial charge in [0, 0.05) is 5.69 Å². The van der Waals surface area contributed by atoms with Crippen LogP contribution in [-0.4, -0.2) is 8.42 Å². The van der Waals surface area contributed by atoms with Gasteiger partial charge in [0.25, 0.3) is 10.0 Å². The molecule has 0 aromatic heterocycles. The fourth-order valence-corrected chi connectivity index (χ4v) is 3.25. The molecule has 0 aliphatic rings. The first-order valence-electron chi connectivity index (χ1n) is 5.95. The van der Waals surface area contributed by atoms with Crippen molar-refractivity contribution in [1.29, 1.82) is 0 Å². The largest absolute Gasteiger partial charge is 0.398 e. The number of nitrogen functional groups attached to an aromatic ring is 1. The van der Waals surface area contributed by atoms with Crippen molar-refractivity contribution in [3.8, 4) is 0 Å². The van der Waals surface area contributed by atoms with Gasteiger partial charge in [0.1, 0.15) is 0 Å². The molecule has 0 atom stereocenters. The van der Waals surface area contributed by atoms with Crippen LogP contribution in [0.5, 0.6) is 0 Å². The number of aryl methyl sites for hydroxylation is 2. The van der Waals surface area contributed by atoms with Crippen molar-refractivity contribution in [2.75, 3.05) is 10.5 Å². The van der Waals surface area contributed by atoms with Crippen molar-refractivity contribution in [1.82, 2.24) is 0 Å². The van der Waals surface area contributed by atoms with Crippen LogP contribution in [0.15, 0.2) is 41.3 Å². The summed E-state index contributed by atoms with van der Waals surface area (Å²) in [6.07, 6.45) is 0. The quantitative estimate of drug-likeness (QED) is 0.854. The average Bonchev–Trinajstić information content (AvgIpc) is 2.37. The van der Waals surface area contributed by atoms with Crippen LogP contribution >= 0.6 is 11.6 Å². The maximum atomic E-state index is 12.3. The summed E-state index contributed by atoms with van der Waals surface area (Å²) >= 11 is 6.03. The molecule has 0 bridgehead atoms. The fourth-order valence-electron chi connectivity index (χ4n) is 1.74. The third kappa shape index (κ3) is 2.89. The minimum Gasteiger partial charge on any atom is -0.398 e. The number of sulfonamides is 1. The Kier molecular flexibility index (Phi) is 3.92. The topological polar surface area (TPSA) is 72.2 Å². The van der Waals surface area contributed by atoms with Gasteiger partial charge >= 0.3 is 0 Å². The monoisotopic (exact) mass is 310 g/mol. The molecule has 2 aromatic rings. The molecule has 2 aromatic carbocycles. The molecule has 0 aliphatic carbocycles. The number of nitrogens with two attached hydrogens (primary N) is 1. The predicted octanol–water partition coefficient (Wildman–Crippen LogP) is 3.34. The molecule has 0 heterocycles. The standard InChI is InChI=1S/C14H15ClN2O2S/c1-9-6-7-11(8-13(9)16)20(18,19)17-14-10(2)4-3-5-12(14)15/h3-8,17H,16H2,1-2H3. The SMILES string of the molecule is Cc1ccc(S(=O)(=O)Nc2c(C)cccc2Cl)cc1N. The molecule has 0 saturated heterocycles. The van der Waals surface area contributed by atoms with Crippen LogP contribution in [0.2, 0.25) is 5.02 Å². The van der Waals surface area contributed by atoms with E-state index in [4.69, 9.17) is 17.3 Å². The molecule has 106 valence electrons. The predicted molar refractivity (Wildman–Crippen MR) is 82.6 cm³/mol. The Balaban J connectivity index is 2.43. The van der Waals surface area contributed by atoms with E-state index in [1.807, 2.05) is 6.92 Å². The molecule has 0 fully saturated rings. The number of anilines is 2. The molecule has 0 saturated carbocycles. The Morgan fingerprint density at radius 3 is 2.40 bits per heavy atom. The highest BCUT2D eigenvalue weighted by atomic mass is 35.5. The summed E-state index contributed by atoms with van der Waals surface area (Å²) < 4.78 is 27.2. The van der Waals surface area contributed by atoms with Gasteiger partial charge in [-0.2, -0.15) is 0 Å². The number of hydrogen-bond acceptors (Lipinski definition) is 3. The second-order valence-corrected chi connectivity index (χ2v) is 6.65. The van der Waals surface area contributed by atoms with Crippen LogP contribution in [0.1, 0.15) is 11.1 Å². The van der Waals surface area contributed by atoms with Gasteiger partial charge in [0.2, 0.25) is 0 Å². The second-order valence-electron chi connectivity index (χ2n) is 4.56. The van der Waals surface area contributed by atoms with Crippen LogP contribution in [0.25, 0.3) is 0 Å². The highest BCUT2D eigenvalue weighted by Crippen LogP contribution is 2.28. The maximum Gasteiger partial charge on any atom is 0.262 e. The lowest BCUT2D eigenvalue weighted by Gasteiger charge is -2.13. The molecular weight excluding hydrogens is 296 g/mol. The van der Waals surface area contributed by atoms with E-state index in [1.165, 1.54) is 12.1 Å². The molecular formula is C14H15ClN2O2S. The van der Waals surface area contributed by atoms with Gasteiger partial charge < -0.3 is 5.73 Å². The third-order valence-electron chi connectivity index (χ3n) is 3.02. The fraction of sp³-hybridized carbons (Fsp3) is 0.143. The highest BCUT2D eigenvalue weighted by Gasteiger charge is 2.17. The second kappa shape index (κ2) is 5.34. The summed E-state index contributed by atoms with van der Waals surface area (Å²) in [5.74, 6) is 0. The third-order valence-corrected chi connectivity index (χ3v) is 4.68. The van der Waals surface area contributed by atoms with Gasteiger partial charge in [0.05, 0.1) is 15.6 Å². The van der Waals surface area contributed by atoms with E-state index in [-0.39, 0.29) is 4.90 Å². The number of rotatable bonds is 3. The maximum absolute atomic E-state index is 12.3. The first kappa shape index (κ1) is 14.7. The van der Waals surface area contributed by atoms with Crippen molar-refractivity contribution in [2.24, 2.45) is 0 Å². The molecule has 0 amide bonds. The Bertz CT molecular complexity index is 738.